The average molecular weight is 300 g/mol. The number of likely N-dealkylation sites (tertiary alicyclic amines) is 1. The van der Waals surface area contributed by atoms with E-state index in [0.717, 1.165) is 0 Å². The van der Waals surface area contributed by atoms with Crippen LogP contribution in [0.3, 0.4) is 0 Å². The second-order valence-corrected chi connectivity index (χ2v) is 11.4. The van der Waals surface area contributed by atoms with E-state index in [-0.39, 0.29) is 12.1 Å². The van der Waals surface area contributed by atoms with Crippen molar-refractivity contribution in [2.75, 3.05) is 13.1 Å². The standard InChI is InChI=1S/C12H24N4O3Si/c1-12(2,3)18-11(17)16-7-9(14-15-13)10(8-16)19-20(4,5)6/h9-10H,7-8H2,1-6H3/t9-,10-/m0/s1. The highest BCUT2D eigenvalue weighted by Crippen LogP contribution is 2.23. The van der Waals surface area contributed by atoms with E-state index in [4.69, 9.17) is 14.7 Å². The second-order valence-electron chi connectivity index (χ2n) is 6.93. The molecular formula is C12H24N4O3Si. The molecule has 0 aromatic heterocycles. The van der Waals surface area contributed by atoms with Gasteiger partial charge in [0.05, 0.1) is 12.1 Å². The van der Waals surface area contributed by atoms with Crippen molar-refractivity contribution in [3.05, 3.63) is 10.4 Å². The van der Waals surface area contributed by atoms with Gasteiger partial charge in [-0.15, -0.1) is 0 Å². The highest BCUT2D eigenvalue weighted by molar-refractivity contribution is 6.69. The molecule has 0 radical (unpaired) electrons. The van der Waals surface area contributed by atoms with Crippen LogP contribution in [-0.4, -0.2) is 50.1 Å². The van der Waals surface area contributed by atoms with Gasteiger partial charge in [-0.3, -0.25) is 0 Å². The molecule has 1 fully saturated rings. The number of hydrogen-bond donors (Lipinski definition) is 0. The van der Waals surface area contributed by atoms with E-state index in [9.17, 15) is 4.79 Å². The maximum Gasteiger partial charge on any atom is 0.410 e. The Kier molecular flexibility index (Phi) is 5.07. The fraction of sp³-hybridized carbons (Fsp3) is 0.917. The Balaban J connectivity index is 2.75. The van der Waals surface area contributed by atoms with Gasteiger partial charge in [0.25, 0.3) is 0 Å². The number of azide groups is 1. The second kappa shape index (κ2) is 6.03. The van der Waals surface area contributed by atoms with E-state index >= 15 is 0 Å². The summed E-state index contributed by atoms with van der Waals surface area (Å²) in [5.74, 6) is 0. The first kappa shape index (κ1) is 16.8. The molecule has 7 nitrogen and oxygen atoms in total. The maximum atomic E-state index is 12.0. The Morgan fingerprint density at radius 1 is 1.35 bits per heavy atom. The third-order valence-electron chi connectivity index (χ3n) is 2.59. The summed E-state index contributed by atoms with van der Waals surface area (Å²) in [4.78, 5) is 16.4. The monoisotopic (exact) mass is 300 g/mol. The number of amides is 1. The van der Waals surface area contributed by atoms with Crippen LogP contribution in [0, 0.1) is 0 Å². The van der Waals surface area contributed by atoms with E-state index in [1.54, 1.807) is 4.90 Å². The van der Waals surface area contributed by atoms with Crippen molar-refractivity contribution in [2.45, 2.75) is 58.2 Å². The normalized spacial score (nSPS) is 23.4. The predicted molar refractivity (Wildman–Crippen MR) is 79.0 cm³/mol. The highest BCUT2D eigenvalue weighted by atomic mass is 28.4. The first-order valence-corrected chi connectivity index (χ1v) is 10.1. The van der Waals surface area contributed by atoms with Crippen molar-refractivity contribution < 1.29 is 14.0 Å². The molecule has 1 aliphatic heterocycles. The molecule has 0 N–H and O–H groups in total. The molecule has 0 spiro atoms. The summed E-state index contributed by atoms with van der Waals surface area (Å²) in [6.07, 6.45) is -0.637. The van der Waals surface area contributed by atoms with E-state index in [1.165, 1.54) is 0 Å². The predicted octanol–water partition coefficient (Wildman–Crippen LogP) is 3.14. The lowest BCUT2D eigenvalue weighted by Crippen LogP contribution is -2.39. The largest absolute Gasteiger partial charge is 0.444 e. The molecule has 1 amide bonds. The van der Waals surface area contributed by atoms with Crippen molar-refractivity contribution >= 4 is 14.4 Å². The number of ether oxygens (including phenoxy) is 1. The summed E-state index contributed by atoms with van der Waals surface area (Å²) >= 11 is 0. The quantitative estimate of drug-likeness (QED) is 0.347. The summed E-state index contributed by atoms with van der Waals surface area (Å²) in [7, 11) is -1.77. The molecule has 1 rings (SSSR count). The lowest BCUT2D eigenvalue weighted by Gasteiger charge is -2.26. The third kappa shape index (κ3) is 5.40. The zero-order valence-corrected chi connectivity index (χ0v) is 14.1. The zero-order valence-electron chi connectivity index (χ0n) is 13.1. The summed E-state index contributed by atoms with van der Waals surface area (Å²) in [6.45, 7) is 12.4. The van der Waals surface area contributed by atoms with E-state index < -0.39 is 20.0 Å². The van der Waals surface area contributed by atoms with Gasteiger partial charge in [0.15, 0.2) is 8.32 Å². The lowest BCUT2D eigenvalue weighted by atomic mass is 10.2. The Labute approximate surface area is 121 Å². The Hall–Kier alpha value is -1.24. The van der Waals surface area contributed by atoms with Gasteiger partial charge in [0.2, 0.25) is 0 Å². The molecule has 1 heterocycles. The molecule has 0 aromatic carbocycles. The minimum Gasteiger partial charge on any atom is -0.444 e. The molecule has 0 aliphatic carbocycles. The molecule has 20 heavy (non-hydrogen) atoms. The number of carbonyl (C=O) groups excluding carboxylic acids is 1. The minimum atomic E-state index is -1.77. The lowest BCUT2D eigenvalue weighted by molar-refractivity contribution is 0.0273. The molecule has 8 heteroatoms. The van der Waals surface area contributed by atoms with Crippen molar-refractivity contribution in [1.29, 1.82) is 0 Å². The summed E-state index contributed by atoms with van der Waals surface area (Å²) in [5.41, 5.74) is 8.09. The van der Waals surface area contributed by atoms with Crippen molar-refractivity contribution in [3.63, 3.8) is 0 Å². The van der Waals surface area contributed by atoms with E-state index in [2.05, 4.69) is 29.7 Å². The number of hydrogen-bond acceptors (Lipinski definition) is 4. The summed E-state index contributed by atoms with van der Waals surface area (Å²) in [6, 6.07) is -0.348. The van der Waals surface area contributed by atoms with Crippen LogP contribution in [0.2, 0.25) is 19.6 Å². The van der Waals surface area contributed by atoms with Crippen LogP contribution in [0.1, 0.15) is 20.8 Å². The Morgan fingerprint density at radius 3 is 2.40 bits per heavy atom. The minimum absolute atomic E-state index is 0.245. The van der Waals surface area contributed by atoms with Crippen molar-refractivity contribution in [3.8, 4) is 0 Å². The fourth-order valence-corrected chi connectivity index (χ4v) is 3.12. The molecule has 114 valence electrons. The summed E-state index contributed by atoms with van der Waals surface area (Å²) < 4.78 is 11.3. The van der Waals surface area contributed by atoms with Crippen LogP contribution in [0.15, 0.2) is 5.11 Å². The van der Waals surface area contributed by atoms with Gasteiger partial charge in [-0.05, 0) is 45.9 Å². The first-order chi connectivity index (χ1) is 9.02. The van der Waals surface area contributed by atoms with Gasteiger partial charge in [-0.25, -0.2) is 4.79 Å². The molecule has 2 atom stereocenters. The van der Waals surface area contributed by atoms with Gasteiger partial charge in [0.1, 0.15) is 5.60 Å². The molecule has 0 saturated carbocycles. The van der Waals surface area contributed by atoms with Crippen LogP contribution in [0.4, 0.5) is 4.79 Å². The van der Waals surface area contributed by atoms with Crippen LogP contribution >= 0.6 is 0 Å². The number of carbonyl (C=O) groups is 1. The molecule has 0 unspecified atom stereocenters. The molecule has 1 saturated heterocycles. The third-order valence-corrected chi connectivity index (χ3v) is 3.60. The number of nitrogens with zero attached hydrogens (tertiary/aromatic N) is 4. The van der Waals surface area contributed by atoms with Gasteiger partial charge in [0, 0.05) is 18.0 Å². The molecule has 1 aliphatic rings. The highest BCUT2D eigenvalue weighted by Gasteiger charge is 2.39. The van der Waals surface area contributed by atoms with E-state index in [0.29, 0.717) is 13.1 Å². The van der Waals surface area contributed by atoms with Gasteiger partial charge >= 0.3 is 6.09 Å². The van der Waals surface area contributed by atoms with Crippen molar-refractivity contribution in [1.82, 2.24) is 4.90 Å². The van der Waals surface area contributed by atoms with Crippen LogP contribution in [0.5, 0.6) is 0 Å². The van der Waals surface area contributed by atoms with Gasteiger partial charge in [-0.2, -0.15) is 0 Å². The van der Waals surface area contributed by atoms with Gasteiger partial charge < -0.3 is 14.1 Å². The topological polar surface area (TPSA) is 87.5 Å². The van der Waals surface area contributed by atoms with E-state index in [1.807, 2.05) is 20.8 Å². The zero-order chi connectivity index (χ0) is 15.6. The smallest absolute Gasteiger partial charge is 0.410 e. The van der Waals surface area contributed by atoms with Crippen LogP contribution in [-0.2, 0) is 9.16 Å². The maximum absolute atomic E-state index is 12.0. The van der Waals surface area contributed by atoms with Crippen molar-refractivity contribution in [2.24, 2.45) is 5.11 Å². The Morgan fingerprint density at radius 2 is 1.95 bits per heavy atom. The molecular weight excluding hydrogens is 276 g/mol. The van der Waals surface area contributed by atoms with Gasteiger partial charge in [-0.1, -0.05) is 5.11 Å². The first-order valence-electron chi connectivity index (χ1n) is 6.72. The molecule has 0 bridgehead atoms. The fourth-order valence-electron chi connectivity index (χ4n) is 1.98. The van der Waals surface area contributed by atoms with Crippen LogP contribution < -0.4 is 0 Å². The summed E-state index contributed by atoms with van der Waals surface area (Å²) in [5, 5.41) is 3.75. The SMILES string of the molecule is CC(C)(C)OC(=O)N1C[C@H](N=[N+]=[N-])[C@@H](O[Si](C)(C)C)C1. The number of rotatable bonds is 3. The average Bonchev–Trinajstić information content (AvgIpc) is 2.57. The van der Waals surface area contributed by atoms with Crippen LogP contribution in [0.25, 0.3) is 10.4 Å². The molecule has 0 aromatic rings. The Bertz CT molecular complexity index is 410.